The highest BCUT2D eigenvalue weighted by atomic mass is 16.5. The molecule has 1 N–H and O–H groups in total. The van der Waals surface area contributed by atoms with Gasteiger partial charge in [0.25, 0.3) is 0 Å². The molecule has 0 rings (SSSR count). The average Bonchev–Trinajstić information content (AvgIpc) is 2.15. The molecule has 3 nitrogen and oxygen atoms in total. The lowest BCUT2D eigenvalue weighted by molar-refractivity contribution is 0.0800. The quantitative estimate of drug-likeness (QED) is 0.549. The second kappa shape index (κ2) is 11.0. The first-order valence-corrected chi connectivity index (χ1v) is 5.67. The Morgan fingerprint density at radius 1 is 1.07 bits per heavy atom. The molecule has 0 fully saturated rings. The minimum absolute atomic E-state index is 0.338. The highest BCUT2D eigenvalue weighted by molar-refractivity contribution is 4.47. The molecule has 0 aliphatic rings. The molecule has 0 atom stereocenters. The van der Waals surface area contributed by atoms with Crippen LogP contribution in [0.3, 0.4) is 0 Å². The summed E-state index contributed by atoms with van der Waals surface area (Å²) in [7, 11) is 0. The van der Waals surface area contributed by atoms with Crippen LogP contribution in [0.5, 0.6) is 0 Å². The van der Waals surface area contributed by atoms with E-state index in [1.807, 2.05) is 0 Å². The van der Waals surface area contributed by atoms with E-state index in [2.05, 4.69) is 26.1 Å². The van der Waals surface area contributed by atoms with E-state index < -0.39 is 0 Å². The maximum absolute atomic E-state index is 5.39. The Kier molecular flexibility index (Phi) is 10.9. The van der Waals surface area contributed by atoms with Crippen LogP contribution >= 0.6 is 0 Å². The Balaban J connectivity index is 2.85. The van der Waals surface area contributed by atoms with Gasteiger partial charge in [-0.25, -0.2) is 0 Å². The summed E-state index contributed by atoms with van der Waals surface area (Å²) in [6, 6.07) is 0. The lowest BCUT2D eigenvalue weighted by Gasteiger charge is -2.08. The van der Waals surface area contributed by atoms with Gasteiger partial charge in [-0.1, -0.05) is 6.92 Å². The zero-order valence-electron chi connectivity index (χ0n) is 9.84. The fourth-order valence-corrected chi connectivity index (χ4v) is 1.04. The van der Waals surface area contributed by atoms with Gasteiger partial charge in [-0.3, -0.25) is 0 Å². The van der Waals surface area contributed by atoms with Crippen LogP contribution in [0.15, 0.2) is 0 Å². The molecule has 0 aromatic heterocycles. The lowest BCUT2D eigenvalue weighted by atomic mass is 10.4. The molecule has 0 bridgehead atoms. The van der Waals surface area contributed by atoms with Gasteiger partial charge in [0.05, 0.1) is 12.7 Å². The number of rotatable bonds is 10. The predicted molar refractivity (Wildman–Crippen MR) is 59.7 cm³/mol. The summed E-state index contributed by atoms with van der Waals surface area (Å²) < 4.78 is 10.7. The summed E-state index contributed by atoms with van der Waals surface area (Å²) in [5.41, 5.74) is 0. The molecule has 3 heteroatoms. The molecule has 14 heavy (non-hydrogen) atoms. The van der Waals surface area contributed by atoms with E-state index in [1.54, 1.807) is 0 Å². The van der Waals surface area contributed by atoms with Crippen LogP contribution in [0.2, 0.25) is 0 Å². The van der Waals surface area contributed by atoms with Crippen LogP contribution in [-0.4, -0.2) is 39.0 Å². The minimum Gasteiger partial charge on any atom is -0.381 e. The molecule has 0 saturated carbocycles. The van der Waals surface area contributed by atoms with Crippen molar-refractivity contribution in [2.45, 2.75) is 39.7 Å². The molecule has 0 aromatic carbocycles. The molecular weight excluding hydrogens is 178 g/mol. The molecule has 0 radical (unpaired) electrons. The third kappa shape index (κ3) is 11.9. The first-order valence-electron chi connectivity index (χ1n) is 5.67. The van der Waals surface area contributed by atoms with Crippen molar-refractivity contribution in [3.8, 4) is 0 Å². The number of nitrogens with one attached hydrogen (secondary N) is 1. The van der Waals surface area contributed by atoms with Crippen LogP contribution < -0.4 is 5.32 Å². The Hall–Kier alpha value is -0.120. The summed E-state index contributed by atoms with van der Waals surface area (Å²) in [6.07, 6.45) is 2.53. The molecule has 0 unspecified atom stereocenters. The maximum atomic E-state index is 5.39. The van der Waals surface area contributed by atoms with Gasteiger partial charge in [-0.15, -0.1) is 0 Å². The standard InChI is InChI=1S/C11H25NO2/c1-4-8-13-9-5-6-12-7-10-14-11(2)3/h11-12H,4-10H2,1-3H3. The van der Waals surface area contributed by atoms with Crippen molar-refractivity contribution in [3.05, 3.63) is 0 Å². The SMILES string of the molecule is CCCOCCCNCCOC(C)C. The monoisotopic (exact) mass is 203 g/mol. The van der Waals surface area contributed by atoms with Gasteiger partial charge in [-0.05, 0) is 33.2 Å². The molecule has 0 aliphatic carbocycles. The zero-order valence-corrected chi connectivity index (χ0v) is 9.84. The maximum Gasteiger partial charge on any atom is 0.0594 e. The van der Waals surface area contributed by atoms with Crippen molar-refractivity contribution in [1.29, 1.82) is 0 Å². The second-order valence-corrected chi connectivity index (χ2v) is 3.64. The molecule has 0 spiro atoms. The van der Waals surface area contributed by atoms with Gasteiger partial charge in [0.15, 0.2) is 0 Å². The summed E-state index contributed by atoms with van der Waals surface area (Å²) in [6.45, 7) is 10.7. The fraction of sp³-hybridized carbons (Fsp3) is 1.00. The highest BCUT2D eigenvalue weighted by Crippen LogP contribution is 1.86. The smallest absolute Gasteiger partial charge is 0.0594 e. The molecule has 0 aliphatic heterocycles. The van der Waals surface area contributed by atoms with Gasteiger partial charge in [-0.2, -0.15) is 0 Å². The molecule has 0 heterocycles. The van der Waals surface area contributed by atoms with Gasteiger partial charge in [0, 0.05) is 19.8 Å². The predicted octanol–water partition coefficient (Wildman–Crippen LogP) is 1.82. The summed E-state index contributed by atoms with van der Waals surface area (Å²) in [5.74, 6) is 0. The molecule has 0 aromatic rings. The van der Waals surface area contributed by atoms with E-state index in [4.69, 9.17) is 9.47 Å². The third-order valence-corrected chi connectivity index (χ3v) is 1.72. The van der Waals surface area contributed by atoms with Gasteiger partial charge in [0.1, 0.15) is 0 Å². The topological polar surface area (TPSA) is 30.5 Å². The van der Waals surface area contributed by atoms with Crippen molar-refractivity contribution >= 4 is 0 Å². The first kappa shape index (κ1) is 13.9. The Bertz CT molecular complexity index is 107. The van der Waals surface area contributed by atoms with Crippen molar-refractivity contribution in [2.75, 3.05) is 32.9 Å². The molecule has 0 saturated heterocycles. The third-order valence-electron chi connectivity index (χ3n) is 1.72. The first-order chi connectivity index (χ1) is 6.77. The molecule has 0 amide bonds. The van der Waals surface area contributed by atoms with E-state index in [0.29, 0.717) is 6.10 Å². The van der Waals surface area contributed by atoms with Gasteiger partial charge in [0.2, 0.25) is 0 Å². The number of ether oxygens (including phenoxy) is 2. The average molecular weight is 203 g/mol. The summed E-state index contributed by atoms with van der Waals surface area (Å²) >= 11 is 0. The molecule has 86 valence electrons. The van der Waals surface area contributed by atoms with Crippen LogP contribution in [0.4, 0.5) is 0 Å². The largest absolute Gasteiger partial charge is 0.381 e. The Morgan fingerprint density at radius 2 is 1.86 bits per heavy atom. The number of hydrogen-bond donors (Lipinski definition) is 1. The van der Waals surface area contributed by atoms with Crippen LogP contribution in [0.25, 0.3) is 0 Å². The minimum atomic E-state index is 0.338. The Labute approximate surface area is 88.2 Å². The van der Waals surface area contributed by atoms with E-state index in [1.165, 1.54) is 0 Å². The zero-order chi connectivity index (χ0) is 10.6. The van der Waals surface area contributed by atoms with E-state index in [-0.39, 0.29) is 0 Å². The van der Waals surface area contributed by atoms with Crippen LogP contribution in [0.1, 0.15) is 33.6 Å². The number of hydrogen-bond acceptors (Lipinski definition) is 3. The normalized spacial score (nSPS) is 11.1. The Morgan fingerprint density at radius 3 is 2.50 bits per heavy atom. The van der Waals surface area contributed by atoms with Crippen molar-refractivity contribution in [3.63, 3.8) is 0 Å². The van der Waals surface area contributed by atoms with Gasteiger partial charge >= 0.3 is 0 Å². The van der Waals surface area contributed by atoms with Crippen LogP contribution in [0, 0.1) is 0 Å². The fourth-order valence-electron chi connectivity index (χ4n) is 1.04. The van der Waals surface area contributed by atoms with Crippen molar-refractivity contribution in [1.82, 2.24) is 5.32 Å². The van der Waals surface area contributed by atoms with Crippen LogP contribution in [-0.2, 0) is 9.47 Å². The van der Waals surface area contributed by atoms with Crippen molar-refractivity contribution < 1.29 is 9.47 Å². The van der Waals surface area contributed by atoms with E-state index in [9.17, 15) is 0 Å². The van der Waals surface area contributed by atoms with E-state index >= 15 is 0 Å². The second-order valence-electron chi connectivity index (χ2n) is 3.64. The summed E-state index contributed by atoms with van der Waals surface area (Å²) in [5, 5.41) is 3.31. The van der Waals surface area contributed by atoms with Gasteiger partial charge < -0.3 is 14.8 Å². The lowest BCUT2D eigenvalue weighted by Crippen LogP contribution is -2.23. The van der Waals surface area contributed by atoms with E-state index in [0.717, 1.165) is 45.8 Å². The highest BCUT2D eigenvalue weighted by Gasteiger charge is 1.92. The van der Waals surface area contributed by atoms with Crippen molar-refractivity contribution in [2.24, 2.45) is 0 Å². The summed E-state index contributed by atoms with van der Waals surface area (Å²) in [4.78, 5) is 0. The molecular formula is C11H25NO2.